The molecule has 0 rings (SSSR count). The van der Waals surface area contributed by atoms with Crippen molar-refractivity contribution in [3.05, 3.63) is 0 Å². The summed E-state index contributed by atoms with van der Waals surface area (Å²) in [5.41, 5.74) is 0. The Bertz CT molecular complexity index is 136. The maximum absolute atomic E-state index is 3.68. The third-order valence-electron chi connectivity index (χ3n) is 2.65. The molecule has 0 aromatic rings. The number of hydrogen-bond donors (Lipinski definition) is 1. The van der Waals surface area contributed by atoms with Gasteiger partial charge in [-0.1, -0.05) is 20.8 Å². The summed E-state index contributed by atoms with van der Waals surface area (Å²) < 4.78 is 0. The van der Waals surface area contributed by atoms with Gasteiger partial charge in [0, 0.05) is 12.1 Å². The van der Waals surface area contributed by atoms with E-state index in [0.29, 0.717) is 12.1 Å². The Kier molecular flexibility index (Phi) is 9.73. The predicted octanol–water partition coefficient (Wildman–Crippen LogP) is 3.93. The Morgan fingerprint density at radius 1 is 0.933 bits per heavy atom. The summed E-state index contributed by atoms with van der Waals surface area (Å²) in [6.07, 6.45) is 3.94. The van der Waals surface area contributed by atoms with E-state index < -0.39 is 0 Å². The predicted molar refractivity (Wildman–Crippen MR) is 73.7 cm³/mol. The zero-order chi connectivity index (χ0) is 11.7. The maximum atomic E-state index is 3.68. The molecule has 92 valence electrons. The second-order valence-electron chi connectivity index (χ2n) is 4.93. The molecule has 0 amide bonds. The van der Waals surface area contributed by atoms with Gasteiger partial charge in [-0.15, -0.1) is 0 Å². The van der Waals surface area contributed by atoms with E-state index in [1.54, 1.807) is 0 Å². The first-order valence-electron chi connectivity index (χ1n) is 6.40. The van der Waals surface area contributed by atoms with Crippen LogP contribution in [0.5, 0.6) is 0 Å². The molecule has 0 heterocycles. The highest BCUT2D eigenvalue weighted by Crippen LogP contribution is 2.09. The van der Waals surface area contributed by atoms with Crippen LogP contribution in [0.2, 0.25) is 0 Å². The molecule has 0 saturated carbocycles. The van der Waals surface area contributed by atoms with Crippen molar-refractivity contribution >= 4 is 11.8 Å². The smallest absolute Gasteiger partial charge is 0.00490 e. The normalized spacial score (nSPS) is 15.6. The van der Waals surface area contributed by atoms with Crippen LogP contribution in [0.1, 0.15) is 53.9 Å². The van der Waals surface area contributed by atoms with Crippen molar-refractivity contribution < 1.29 is 0 Å². The monoisotopic (exact) mass is 231 g/mol. The lowest BCUT2D eigenvalue weighted by Crippen LogP contribution is -2.35. The van der Waals surface area contributed by atoms with E-state index in [2.05, 4.69) is 39.9 Å². The van der Waals surface area contributed by atoms with Gasteiger partial charge in [0.2, 0.25) is 0 Å². The molecule has 0 bridgehead atoms. The second kappa shape index (κ2) is 9.53. The number of hydrogen-bond acceptors (Lipinski definition) is 2. The first-order valence-corrected chi connectivity index (χ1v) is 7.55. The summed E-state index contributed by atoms with van der Waals surface area (Å²) in [4.78, 5) is 0. The van der Waals surface area contributed by atoms with Crippen LogP contribution < -0.4 is 5.32 Å². The van der Waals surface area contributed by atoms with E-state index in [-0.39, 0.29) is 0 Å². The van der Waals surface area contributed by atoms with E-state index >= 15 is 0 Å². The topological polar surface area (TPSA) is 12.0 Å². The number of thioether (sulfide) groups is 1. The van der Waals surface area contributed by atoms with Gasteiger partial charge in [-0.3, -0.25) is 0 Å². The van der Waals surface area contributed by atoms with Crippen LogP contribution in [0.15, 0.2) is 0 Å². The van der Waals surface area contributed by atoms with Crippen molar-refractivity contribution in [2.75, 3.05) is 11.5 Å². The molecule has 15 heavy (non-hydrogen) atoms. The molecule has 0 fully saturated rings. The van der Waals surface area contributed by atoms with Gasteiger partial charge in [-0.2, -0.15) is 11.8 Å². The maximum Gasteiger partial charge on any atom is 0.00490 e. The van der Waals surface area contributed by atoms with Gasteiger partial charge < -0.3 is 5.32 Å². The summed E-state index contributed by atoms with van der Waals surface area (Å²) >= 11 is 2.04. The Labute approximate surface area is 101 Å². The molecule has 0 aliphatic rings. The largest absolute Gasteiger partial charge is 0.312 e. The quantitative estimate of drug-likeness (QED) is 0.603. The molecular weight excluding hydrogens is 202 g/mol. The lowest BCUT2D eigenvalue weighted by Gasteiger charge is -2.20. The number of rotatable bonds is 9. The molecule has 0 aromatic carbocycles. The Morgan fingerprint density at radius 2 is 1.53 bits per heavy atom. The van der Waals surface area contributed by atoms with Crippen molar-refractivity contribution in [2.24, 2.45) is 5.92 Å². The average Bonchev–Trinajstić information content (AvgIpc) is 2.15. The van der Waals surface area contributed by atoms with Gasteiger partial charge in [0.05, 0.1) is 0 Å². The van der Waals surface area contributed by atoms with Crippen molar-refractivity contribution in [1.29, 1.82) is 0 Å². The van der Waals surface area contributed by atoms with E-state index in [1.165, 1.54) is 30.8 Å². The van der Waals surface area contributed by atoms with Crippen molar-refractivity contribution in [3.63, 3.8) is 0 Å². The SMILES string of the molecule is CCSCCC(C)NC(C)CCC(C)C. The molecular formula is C13H29NS. The minimum atomic E-state index is 0.672. The van der Waals surface area contributed by atoms with Crippen LogP contribution in [0.4, 0.5) is 0 Å². The Hall–Kier alpha value is 0.310. The minimum Gasteiger partial charge on any atom is -0.312 e. The first kappa shape index (κ1) is 15.3. The molecule has 0 aromatic heterocycles. The molecule has 0 saturated heterocycles. The van der Waals surface area contributed by atoms with Crippen molar-refractivity contribution in [3.8, 4) is 0 Å². The van der Waals surface area contributed by atoms with Crippen molar-refractivity contribution in [2.45, 2.75) is 66.0 Å². The van der Waals surface area contributed by atoms with Crippen LogP contribution in [0.3, 0.4) is 0 Å². The molecule has 0 aliphatic heterocycles. The Morgan fingerprint density at radius 3 is 2.07 bits per heavy atom. The Balaban J connectivity index is 3.44. The highest BCUT2D eigenvalue weighted by Gasteiger charge is 2.07. The molecule has 0 radical (unpaired) electrons. The zero-order valence-electron chi connectivity index (χ0n) is 11.2. The van der Waals surface area contributed by atoms with Gasteiger partial charge in [0.25, 0.3) is 0 Å². The van der Waals surface area contributed by atoms with Crippen LogP contribution >= 0.6 is 11.8 Å². The van der Waals surface area contributed by atoms with Crippen LogP contribution in [-0.2, 0) is 0 Å². The lowest BCUT2D eigenvalue weighted by atomic mass is 10.0. The van der Waals surface area contributed by atoms with Gasteiger partial charge in [-0.25, -0.2) is 0 Å². The zero-order valence-corrected chi connectivity index (χ0v) is 12.0. The molecule has 0 spiro atoms. The second-order valence-corrected chi connectivity index (χ2v) is 6.32. The third-order valence-corrected chi connectivity index (χ3v) is 3.58. The molecule has 1 N–H and O–H groups in total. The van der Waals surface area contributed by atoms with Crippen LogP contribution in [0, 0.1) is 5.92 Å². The fraction of sp³-hybridized carbons (Fsp3) is 1.00. The highest BCUT2D eigenvalue weighted by molar-refractivity contribution is 7.99. The molecule has 0 aliphatic carbocycles. The van der Waals surface area contributed by atoms with E-state index in [0.717, 1.165) is 5.92 Å². The van der Waals surface area contributed by atoms with E-state index in [1.807, 2.05) is 11.8 Å². The minimum absolute atomic E-state index is 0.672. The standard InChI is InChI=1S/C13H29NS/c1-6-15-10-9-13(5)14-12(4)8-7-11(2)3/h11-14H,6-10H2,1-5H3. The molecule has 2 unspecified atom stereocenters. The molecule has 1 nitrogen and oxygen atoms in total. The lowest BCUT2D eigenvalue weighted by molar-refractivity contribution is 0.407. The van der Waals surface area contributed by atoms with Gasteiger partial charge in [-0.05, 0) is 50.5 Å². The summed E-state index contributed by atoms with van der Waals surface area (Å²) in [5.74, 6) is 3.37. The van der Waals surface area contributed by atoms with Crippen LogP contribution in [0.25, 0.3) is 0 Å². The summed E-state index contributed by atoms with van der Waals surface area (Å²) in [6, 6.07) is 1.35. The molecule has 2 heteroatoms. The third kappa shape index (κ3) is 10.6. The van der Waals surface area contributed by atoms with Gasteiger partial charge >= 0.3 is 0 Å². The number of nitrogens with one attached hydrogen (secondary N) is 1. The van der Waals surface area contributed by atoms with E-state index in [4.69, 9.17) is 0 Å². The molecule has 2 atom stereocenters. The summed E-state index contributed by atoms with van der Waals surface area (Å²) in [7, 11) is 0. The first-order chi connectivity index (χ1) is 7.06. The average molecular weight is 231 g/mol. The van der Waals surface area contributed by atoms with E-state index in [9.17, 15) is 0 Å². The fourth-order valence-corrected chi connectivity index (χ4v) is 2.45. The summed E-state index contributed by atoms with van der Waals surface area (Å²) in [6.45, 7) is 11.4. The van der Waals surface area contributed by atoms with Crippen LogP contribution in [-0.4, -0.2) is 23.6 Å². The summed E-state index contributed by atoms with van der Waals surface area (Å²) in [5, 5.41) is 3.68. The van der Waals surface area contributed by atoms with Gasteiger partial charge in [0.1, 0.15) is 0 Å². The fourth-order valence-electron chi connectivity index (χ4n) is 1.64. The van der Waals surface area contributed by atoms with Gasteiger partial charge in [0.15, 0.2) is 0 Å². The highest BCUT2D eigenvalue weighted by atomic mass is 32.2. The van der Waals surface area contributed by atoms with Crippen molar-refractivity contribution in [1.82, 2.24) is 5.32 Å².